The third-order valence-corrected chi connectivity index (χ3v) is 4.37. The van der Waals surface area contributed by atoms with Gasteiger partial charge in [-0.05, 0) is 43.4 Å². The van der Waals surface area contributed by atoms with Gasteiger partial charge in [0.1, 0.15) is 0 Å². The summed E-state index contributed by atoms with van der Waals surface area (Å²) in [5.41, 5.74) is 0.442. The summed E-state index contributed by atoms with van der Waals surface area (Å²) < 4.78 is 11.3. The SMILES string of the molecule is CCNCC1(CCOc2ccccc2OC)CCCC1. The highest BCUT2D eigenvalue weighted by molar-refractivity contribution is 5.39. The molecule has 0 unspecified atom stereocenters. The second-order valence-electron chi connectivity index (χ2n) is 5.74. The van der Waals surface area contributed by atoms with E-state index in [1.165, 1.54) is 25.7 Å². The second kappa shape index (κ2) is 7.53. The quantitative estimate of drug-likeness (QED) is 0.787. The van der Waals surface area contributed by atoms with Crippen LogP contribution < -0.4 is 14.8 Å². The van der Waals surface area contributed by atoms with Crippen LogP contribution in [0.25, 0.3) is 0 Å². The van der Waals surface area contributed by atoms with Gasteiger partial charge in [-0.1, -0.05) is 31.9 Å². The number of nitrogens with one attached hydrogen (secondary N) is 1. The maximum Gasteiger partial charge on any atom is 0.161 e. The minimum Gasteiger partial charge on any atom is -0.493 e. The lowest BCUT2D eigenvalue weighted by Crippen LogP contribution is -2.33. The first-order valence-electron chi connectivity index (χ1n) is 7.76. The molecule has 1 saturated carbocycles. The van der Waals surface area contributed by atoms with E-state index in [0.717, 1.165) is 37.6 Å². The van der Waals surface area contributed by atoms with E-state index in [-0.39, 0.29) is 0 Å². The zero-order valence-electron chi connectivity index (χ0n) is 12.8. The molecule has 1 fully saturated rings. The summed E-state index contributed by atoms with van der Waals surface area (Å²) >= 11 is 0. The van der Waals surface area contributed by atoms with Crippen molar-refractivity contribution in [1.82, 2.24) is 5.32 Å². The van der Waals surface area contributed by atoms with E-state index in [4.69, 9.17) is 9.47 Å². The zero-order valence-corrected chi connectivity index (χ0v) is 12.8. The van der Waals surface area contributed by atoms with Crippen LogP contribution in [-0.4, -0.2) is 26.8 Å². The lowest BCUT2D eigenvalue weighted by molar-refractivity contribution is 0.189. The number of methoxy groups -OCH3 is 1. The fraction of sp³-hybridized carbons (Fsp3) is 0.647. The number of para-hydroxylation sites is 2. The Labute approximate surface area is 122 Å². The van der Waals surface area contributed by atoms with E-state index in [9.17, 15) is 0 Å². The lowest BCUT2D eigenvalue weighted by Gasteiger charge is -2.29. The summed E-state index contributed by atoms with van der Waals surface area (Å²) in [6, 6.07) is 7.88. The van der Waals surface area contributed by atoms with Crippen molar-refractivity contribution in [2.75, 3.05) is 26.8 Å². The summed E-state index contributed by atoms with van der Waals surface area (Å²) in [7, 11) is 1.69. The van der Waals surface area contributed by atoms with Gasteiger partial charge in [-0.15, -0.1) is 0 Å². The molecule has 1 aliphatic carbocycles. The van der Waals surface area contributed by atoms with Crippen molar-refractivity contribution in [2.24, 2.45) is 5.41 Å². The molecule has 112 valence electrons. The molecular weight excluding hydrogens is 250 g/mol. The second-order valence-corrected chi connectivity index (χ2v) is 5.74. The maximum absolute atomic E-state index is 5.94. The van der Waals surface area contributed by atoms with Crippen LogP contribution in [0.1, 0.15) is 39.0 Å². The van der Waals surface area contributed by atoms with Crippen molar-refractivity contribution >= 4 is 0 Å². The summed E-state index contributed by atoms with van der Waals surface area (Å²) in [5.74, 6) is 1.67. The fourth-order valence-electron chi connectivity index (χ4n) is 3.15. The van der Waals surface area contributed by atoms with E-state index in [1.807, 2.05) is 24.3 Å². The Bertz CT molecular complexity index is 400. The molecular formula is C17H27NO2. The van der Waals surface area contributed by atoms with Crippen LogP contribution in [0.15, 0.2) is 24.3 Å². The minimum absolute atomic E-state index is 0.442. The average molecular weight is 277 g/mol. The van der Waals surface area contributed by atoms with Crippen molar-refractivity contribution in [3.05, 3.63) is 24.3 Å². The Balaban J connectivity index is 1.87. The molecule has 1 aromatic carbocycles. The van der Waals surface area contributed by atoms with Crippen LogP contribution in [0.5, 0.6) is 11.5 Å². The van der Waals surface area contributed by atoms with Crippen molar-refractivity contribution in [2.45, 2.75) is 39.0 Å². The summed E-state index contributed by atoms with van der Waals surface area (Å²) in [5, 5.41) is 3.52. The molecule has 1 aromatic rings. The Morgan fingerprint density at radius 2 is 1.85 bits per heavy atom. The highest BCUT2D eigenvalue weighted by Gasteiger charge is 2.33. The number of benzene rings is 1. The largest absolute Gasteiger partial charge is 0.493 e. The Morgan fingerprint density at radius 1 is 1.15 bits per heavy atom. The standard InChI is InChI=1S/C17H27NO2/c1-3-18-14-17(10-6-7-11-17)12-13-20-16-9-5-4-8-15(16)19-2/h4-5,8-9,18H,3,6-7,10-14H2,1-2H3. The average Bonchev–Trinajstić information content (AvgIpc) is 2.95. The molecule has 1 N–H and O–H groups in total. The minimum atomic E-state index is 0.442. The van der Waals surface area contributed by atoms with Gasteiger partial charge in [0.2, 0.25) is 0 Å². The molecule has 0 aliphatic heterocycles. The highest BCUT2D eigenvalue weighted by atomic mass is 16.5. The first-order chi connectivity index (χ1) is 9.79. The number of rotatable bonds is 8. The van der Waals surface area contributed by atoms with Gasteiger partial charge in [-0.25, -0.2) is 0 Å². The molecule has 0 amide bonds. The van der Waals surface area contributed by atoms with Crippen LogP contribution in [0.4, 0.5) is 0 Å². The summed E-state index contributed by atoms with van der Waals surface area (Å²) in [6.07, 6.45) is 6.50. The fourth-order valence-corrected chi connectivity index (χ4v) is 3.15. The van der Waals surface area contributed by atoms with E-state index in [0.29, 0.717) is 5.41 Å². The van der Waals surface area contributed by atoms with Gasteiger partial charge in [0.25, 0.3) is 0 Å². The number of hydrogen-bond acceptors (Lipinski definition) is 3. The van der Waals surface area contributed by atoms with Gasteiger partial charge in [0.15, 0.2) is 11.5 Å². The molecule has 20 heavy (non-hydrogen) atoms. The molecule has 3 nitrogen and oxygen atoms in total. The van der Waals surface area contributed by atoms with E-state index in [2.05, 4.69) is 12.2 Å². The highest BCUT2D eigenvalue weighted by Crippen LogP contribution is 2.40. The topological polar surface area (TPSA) is 30.5 Å². The van der Waals surface area contributed by atoms with Crippen LogP contribution in [0.2, 0.25) is 0 Å². The lowest BCUT2D eigenvalue weighted by atomic mass is 9.83. The van der Waals surface area contributed by atoms with E-state index >= 15 is 0 Å². The Hall–Kier alpha value is -1.22. The molecule has 0 spiro atoms. The van der Waals surface area contributed by atoms with Crippen molar-refractivity contribution in [3.8, 4) is 11.5 Å². The van der Waals surface area contributed by atoms with Crippen LogP contribution in [0, 0.1) is 5.41 Å². The molecule has 0 atom stereocenters. The number of hydrogen-bond donors (Lipinski definition) is 1. The zero-order chi connectivity index (χ0) is 14.3. The van der Waals surface area contributed by atoms with Crippen molar-refractivity contribution in [1.29, 1.82) is 0 Å². The molecule has 0 bridgehead atoms. The van der Waals surface area contributed by atoms with Gasteiger partial charge in [-0.2, -0.15) is 0 Å². The van der Waals surface area contributed by atoms with Gasteiger partial charge in [-0.3, -0.25) is 0 Å². The van der Waals surface area contributed by atoms with Gasteiger partial charge in [0, 0.05) is 6.54 Å². The van der Waals surface area contributed by atoms with Crippen molar-refractivity contribution in [3.63, 3.8) is 0 Å². The normalized spacial score (nSPS) is 17.1. The molecule has 3 heteroatoms. The van der Waals surface area contributed by atoms with Crippen LogP contribution in [0.3, 0.4) is 0 Å². The van der Waals surface area contributed by atoms with Crippen molar-refractivity contribution < 1.29 is 9.47 Å². The first-order valence-corrected chi connectivity index (χ1v) is 7.76. The molecule has 1 aliphatic rings. The number of ether oxygens (including phenoxy) is 2. The Kier molecular flexibility index (Phi) is 5.72. The van der Waals surface area contributed by atoms with Crippen LogP contribution >= 0.6 is 0 Å². The molecule has 0 heterocycles. The third-order valence-electron chi connectivity index (χ3n) is 4.37. The molecule has 0 aromatic heterocycles. The van der Waals surface area contributed by atoms with Gasteiger partial charge in [0.05, 0.1) is 13.7 Å². The van der Waals surface area contributed by atoms with Crippen LogP contribution in [-0.2, 0) is 0 Å². The Morgan fingerprint density at radius 3 is 2.50 bits per heavy atom. The van der Waals surface area contributed by atoms with Gasteiger partial charge < -0.3 is 14.8 Å². The van der Waals surface area contributed by atoms with Gasteiger partial charge >= 0.3 is 0 Å². The van der Waals surface area contributed by atoms with E-state index in [1.54, 1.807) is 7.11 Å². The molecule has 0 saturated heterocycles. The maximum atomic E-state index is 5.94. The molecule has 0 radical (unpaired) electrons. The smallest absolute Gasteiger partial charge is 0.161 e. The summed E-state index contributed by atoms with van der Waals surface area (Å²) in [6.45, 7) is 5.12. The van der Waals surface area contributed by atoms with E-state index < -0.39 is 0 Å². The third kappa shape index (κ3) is 3.89. The predicted octanol–water partition coefficient (Wildman–Crippen LogP) is 3.63. The first kappa shape index (κ1) is 15.2. The predicted molar refractivity (Wildman–Crippen MR) is 82.6 cm³/mol. The summed E-state index contributed by atoms with van der Waals surface area (Å²) in [4.78, 5) is 0. The monoisotopic (exact) mass is 277 g/mol. The molecule has 2 rings (SSSR count).